The van der Waals surface area contributed by atoms with Gasteiger partial charge in [-0.15, -0.1) is 5.10 Å². The Morgan fingerprint density at radius 1 is 1.21 bits per heavy atom. The molecule has 0 amide bonds. The van der Waals surface area contributed by atoms with Crippen LogP contribution in [0.4, 0.5) is 5.82 Å². The molecular formula is C14H17N5. The maximum atomic E-state index is 4.45. The van der Waals surface area contributed by atoms with Crippen molar-refractivity contribution in [1.29, 1.82) is 0 Å². The summed E-state index contributed by atoms with van der Waals surface area (Å²) in [5, 5.41) is 8.53. The molecule has 0 bridgehead atoms. The van der Waals surface area contributed by atoms with Gasteiger partial charge in [0.1, 0.15) is 5.82 Å². The van der Waals surface area contributed by atoms with E-state index in [4.69, 9.17) is 0 Å². The third kappa shape index (κ3) is 1.99. The number of aryl methyl sites for hydroxylation is 1. The molecule has 4 rings (SSSR count). The molecule has 98 valence electrons. The number of aromatic nitrogens is 4. The lowest BCUT2D eigenvalue weighted by atomic mass is 10.1. The second-order valence-corrected chi connectivity index (χ2v) is 5.65. The Kier molecular flexibility index (Phi) is 2.33. The largest absolute Gasteiger partial charge is 0.352 e. The summed E-state index contributed by atoms with van der Waals surface area (Å²) in [5.74, 6) is 1.74. The third-order valence-corrected chi connectivity index (χ3v) is 3.98. The molecule has 2 aromatic rings. The number of rotatable bonds is 3. The van der Waals surface area contributed by atoms with E-state index >= 15 is 0 Å². The molecule has 0 spiro atoms. The summed E-state index contributed by atoms with van der Waals surface area (Å²) in [6.45, 7) is 4.01. The summed E-state index contributed by atoms with van der Waals surface area (Å²) in [6.07, 6.45) is 6.61. The number of pyridine rings is 1. The molecule has 2 fully saturated rings. The van der Waals surface area contributed by atoms with Crippen LogP contribution in [0.5, 0.6) is 0 Å². The van der Waals surface area contributed by atoms with Gasteiger partial charge in [0.25, 0.3) is 0 Å². The maximum Gasteiger partial charge on any atom is 0.128 e. The van der Waals surface area contributed by atoms with Gasteiger partial charge in [-0.2, -0.15) is 0 Å². The minimum Gasteiger partial charge on any atom is -0.352 e. The molecule has 0 unspecified atom stereocenters. The molecule has 2 aromatic heterocycles. The second kappa shape index (κ2) is 4.05. The molecule has 1 aliphatic heterocycles. The fourth-order valence-electron chi connectivity index (χ4n) is 2.49. The third-order valence-electron chi connectivity index (χ3n) is 3.98. The minimum atomic E-state index is 0.447. The van der Waals surface area contributed by atoms with Crippen LogP contribution >= 0.6 is 0 Å². The quantitative estimate of drug-likeness (QED) is 0.840. The predicted octanol–water partition coefficient (Wildman–Crippen LogP) is 1.92. The molecule has 1 saturated carbocycles. The van der Waals surface area contributed by atoms with Crippen LogP contribution in [0.15, 0.2) is 24.5 Å². The van der Waals surface area contributed by atoms with E-state index in [2.05, 4.69) is 45.4 Å². The Bertz CT molecular complexity index is 578. The van der Waals surface area contributed by atoms with E-state index in [0.717, 1.165) is 18.9 Å². The van der Waals surface area contributed by atoms with Crippen molar-refractivity contribution in [2.45, 2.75) is 31.7 Å². The Labute approximate surface area is 112 Å². The van der Waals surface area contributed by atoms with Crippen LogP contribution in [0.1, 0.15) is 36.1 Å². The number of anilines is 1. The van der Waals surface area contributed by atoms with Crippen LogP contribution in [-0.4, -0.2) is 33.1 Å². The molecule has 1 saturated heterocycles. The molecule has 1 aliphatic carbocycles. The predicted molar refractivity (Wildman–Crippen MR) is 72.2 cm³/mol. The summed E-state index contributed by atoms with van der Waals surface area (Å²) in [4.78, 5) is 6.73. The molecule has 0 aromatic carbocycles. The Morgan fingerprint density at radius 2 is 2.05 bits per heavy atom. The highest BCUT2D eigenvalue weighted by molar-refractivity contribution is 5.42. The first-order chi connectivity index (χ1) is 9.29. The van der Waals surface area contributed by atoms with E-state index in [-0.39, 0.29) is 0 Å². The average molecular weight is 255 g/mol. The fraction of sp³-hybridized carbons (Fsp3) is 0.500. The summed E-state index contributed by atoms with van der Waals surface area (Å²) in [5.41, 5.74) is 2.37. The van der Waals surface area contributed by atoms with Gasteiger partial charge in [-0.1, -0.05) is 11.3 Å². The standard InChI is InChI=1S/C14H17N5/c1-10-2-5-14(15-6-10)18-7-12(8-18)19-9-13(16-17-19)11-3-4-11/h2,5-6,9,11-12H,3-4,7-8H2,1H3. The van der Waals surface area contributed by atoms with E-state index in [0.29, 0.717) is 12.0 Å². The average Bonchev–Trinajstić information content (AvgIpc) is 3.10. The number of hydrogen-bond donors (Lipinski definition) is 0. The van der Waals surface area contributed by atoms with Gasteiger partial charge >= 0.3 is 0 Å². The molecule has 0 radical (unpaired) electrons. The summed E-state index contributed by atoms with van der Waals surface area (Å²) >= 11 is 0. The van der Waals surface area contributed by atoms with Crippen molar-refractivity contribution in [2.75, 3.05) is 18.0 Å². The van der Waals surface area contributed by atoms with Gasteiger partial charge in [0.05, 0.1) is 11.7 Å². The van der Waals surface area contributed by atoms with Crippen LogP contribution < -0.4 is 4.90 Å². The number of hydrogen-bond acceptors (Lipinski definition) is 4. The first-order valence-electron chi connectivity index (χ1n) is 6.89. The van der Waals surface area contributed by atoms with Crippen LogP contribution in [0.25, 0.3) is 0 Å². The van der Waals surface area contributed by atoms with Gasteiger partial charge in [-0.25, -0.2) is 9.67 Å². The first kappa shape index (κ1) is 11.0. The SMILES string of the molecule is Cc1ccc(N2CC(n3cc(C4CC4)nn3)C2)nc1. The van der Waals surface area contributed by atoms with Crippen molar-refractivity contribution in [3.05, 3.63) is 35.8 Å². The van der Waals surface area contributed by atoms with Crippen molar-refractivity contribution in [2.24, 2.45) is 0 Å². The number of nitrogens with zero attached hydrogens (tertiary/aromatic N) is 5. The molecule has 5 heteroatoms. The molecule has 3 heterocycles. The summed E-state index contributed by atoms with van der Waals surface area (Å²) in [6, 6.07) is 4.64. The van der Waals surface area contributed by atoms with Crippen LogP contribution in [0, 0.1) is 6.92 Å². The maximum absolute atomic E-state index is 4.45. The molecule has 0 atom stereocenters. The second-order valence-electron chi connectivity index (χ2n) is 5.65. The van der Waals surface area contributed by atoms with Gasteiger partial charge in [0, 0.05) is 31.4 Å². The van der Waals surface area contributed by atoms with Gasteiger partial charge in [0.2, 0.25) is 0 Å². The summed E-state index contributed by atoms with van der Waals surface area (Å²) in [7, 11) is 0. The van der Waals surface area contributed by atoms with Crippen molar-refractivity contribution in [1.82, 2.24) is 20.0 Å². The molecule has 0 N–H and O–H groups in total. The zero-order valence-corrected chi connectivity index (χ0v) is 11.0. The highest BCUT2D eigenvalue weighted by Crippen LogP contribution is 2.39. The highest BCUT2D eigenvalue weighted by Gasteiger charge is 2.32. The molecule has 5 nitrogen and oxygen atoms in total. The van der Waals surface area contributed by atoms with Gasteiger partial charge in [0.15, 0.2) is 0 Å². The summed E-state index contributed by atoms with van der Waals surface area (Å²) < 4.78 is 2.03. The first-order valence-corrected chi connectivity index (χ1v) is 6.89. The zero-order valence-electron chi connectivity index (χ0n) is 11.0. The smallest absolute Gasteiger partial charge is 0.128 e. The minimum absolute atomic E-state index is 0.447. The Hall–Kier alpha value is -1.91. The molecular weight excluding hydrogens is 238 g/mol. The molecule has 19 heavy (non-hydrogen) atoms. The fourth-order valence-corrected chi connectivity index (χ4v) is 2.49. The van der Waals surface area contributed by atoms with E-state index in [9.17, 15) is 0 Å². The van der Waals surface area contributed by atoms with E-state index in [1.807, 2.05) is 10.9 Å². The van der Waals surface area contributed by atoms with E-state index in [1.165, 1.54) is 24.1 Å². The van der Waals surface area contributed by atoms with Crippen LogP contribution in [0.2, 0.25) is 0 Å². The molecule has 2 aliphatic rings. The van der Waals surface area contributed by atoms with E-state index < -0.39 is 0 Å². The van der Waals surface area contributed by atoms with Crippen molar-refractivity contribution in [3.63, 3.8) is 0 Å². The van der Waals surface area contributed by atoms with Crippen molar-refractivity contribution in [3.8, 4) is 0 Å². The van der Waals surface area contributed by atoms with Crippen LogP contribution in [0.3, 0.4) is 0 Å². The van der Waals surface area contributed by atoms with Gasteiger partial charge in [-0.05, 0) is 31.4 Å². The monoisotopic (exact) mass is 255 g/mol. The van der Waals surface area contributed by atoms with E-state index in [1.54, 1.807) is 0 Å². The van der Waals surface area contributed by atoms with Crippen LogP contribution in [-0.2, 0) is 0 Å². The lowest BCUT2D eigenvalue weighted by Gasteiger charge is -2.39. The zero-order chi connectivity index (χ0) is 12.8. The van der Waals surface area contributed by atoms with Crippen molar-refractivity contribution < 1.29 is 0 Å². The lowest BCUT2D eigenvalue weighted by Crippen LogP contribution is -2.48. The van der Waals surface area contributed by atoms with Gasteiger partial charge < -0.3 is 4.90 Å². The highest BCUT2D eigenvalue weighted by atomic mass is 15.5. The normalized spacial score (nSPS) is 19.5. The topological polar surface area (TPSA) is 46.8 Å². The van der Waals surface area contributed by atoms with Gasteiger partial charge in [-0.3, -0.25) is 0 Å². The lowest BCUT2D eigenvalue weighted by molar-refractivity contribution is 0.359. The van der Waals surface area contributed by atoms with Crippen molar-refractivity contribution >= 4 is 5.82 Å². The Balaban J connectivity index is 1.42. The Morgan fingerprint density at radius 3 is 2.74 bits per heavy atom.